The molecule has 0 amide bonds. The van der Waals surface area contributed by atoms with E-state index in [4.69, 9.17) is 0 Å². The summed E-state index contributed by atoms with van der Waals surface area (Å²) in [6, 6.07) is 12.4. The van der Waals surface area contributed by atoms with Crippen LogP contribution in [0, 0.1) is 0 Å². The number of alkyl halides is 6. The topological polar surface area (TPSA) is 0 Å². The largest absolute Gasteiger partial charge is 0.404 e. The molecule has 6 heteroatoms. The molecule has 0 radical (unpaired) electrons. The Bertz CT molecular complexity index is 584. The van der Waals surface area contributed by atoms with Gasteiger partial charge in [-0.25, -0.2) is 0 Å². The number of hydrogen-bond acceptors (Lipinski definition) is 0. The van der Waals surface area contributed by atoms with E-state index in [-0.39, 0.29) is 5.56 Å². The van der Waals surface area contributed by atoms with Gasteiger partial charge in [-0.05, 0) is 16.7 Å². The van der Waals surface area contributed by atoms with Gasteiger partial charge in [0.05, 0.1) is 0 Å². The maximum absolute atomic E-state index is 12.9. The van der Waals surface area contributed by atoms with Gasteiger partial charge in [-0.3, -0.25) is 0 Å². The van der Waals surface area contributed by atoms with Gasteiger partial charge < -0.3 is 0 Å². The maximum Gasteiger partial charge on any atom is 0.404 e. The van der Waals surface area contributed by atoms with Crippen molar-refractivity contribution in [3.8, 4) is 11.1 Å². The summed E-state index contributed by atoms with van der Waals surface area (Å²) in [5, 5.41) is 0. The predicted molar refractivity (Wildman–Crippen MR) is 66.7 cm³/mol. The molecule has 0 aliphatic heterocycles. The van der Waals surface area contributed by atoms with E-state index in [0.29, 0.717) is 5.56 Å². The van der Waals surface area contributed by atoms with Gasteiger partial charge in [0, 0.05) is 0 Å². The van der Waals surface area contributed by atoms with Crippen molar-refractivity contribution in [2.45, 2.75) is 18.3 Å². The SMILES string of the molecule is FC(F)(F)C(c1ccccc1-c1ccccc1)C(F)(F)F. The lowest BCUT2D eigenvalue weighted by atomic mass is 9.89. The van der Waals surface area contributed by atoms with Crippen LogP contribution in [0.25, 0.3) is 11.1 Å². The van der Waals surface area contributed by atoms with Gasteiger partial charge in [-0.2, -0.15) is 26.3 Å². The first kappa shape index (κ1) is 15.4. The van der Waals surface area contributed by atoms with Crippen LogP contribution in [0.3, 0.4) is 0 Å². The molecule has 0 spiro atoms. The molecule has 2 aromatic rings. The second-order valence-corrected chi connectivity index (χ2v) is 4.47. The van der Waals surface area contributed by atoms with Gasteiger partial charge >= 0.3 is 12.4 Å². The summed E-state index contributed by atoms with van der Waals surface area (Å²) in [5.41, 5.74) is -0.548. The summed E-state index contributed by atoms with van der Waals surface area (Å²) >= 11 is 0. The van der Waals surface area contributed by atoms with E-state index in [0.717, 1.165) is 6.07 Å². The number of halogens is 6. The molecule has 112 valence electrons. The minimum Gasteiger partial charge on any atom is -0.170 e. The van der Waals surface area contributed by atoms with Crippen molar-refractivity contribution in [1.82, 2.24) is 0 Å². The normalized spacial score (nSPS) is 12.7. The Morgan fingerprint density at radius 3 is 1.62 bits per heavy atom. The van der Waals surface area contributed by atoms with Crippen molar-refractivity contribution >= 4 is 0 Å². The van der Waals surface area contributed by atoms with Gasteiger partial charge in [0.25, 0.3) is 0 Å². The van der Waals surface area contributed by atoms with E-state index in [1.165, 1.54) is 30.3 Å². The second-order valence-electron chi connectivity index (χ2n) is 4.47. The van der Waals surface area contributed by atoms with Crippen molar-refractivity contribution in [1.29, 1.82) is 0 Å². The molecule has 0 bridgehead atoms. The Kier molecular flexibility index (Phi) is 3.98. The van der Waals surface area contributed by atoms with E-state index in [2.05, 4.69) is 0 Å². The minimum absolute atomic E-state index is 0.0715. The van der Waals surface area contributed by atoms with Crippen molar-refractivity contribution in [2.24, 2.45) is 0 Å². The molecule has 0 aliphatic carbocycles. The lowest BCUT2D eigenvalue weighted by Crippen LogP contribution is -2.34. The quantitative estimate of drug-likeness (QED) is 0.637. The Labute approximate surface area is 117 Å². The maximum atomic E-state index is 12.9. The molecule has 0 fully saturated rings. The Balaban J connectivity index is 2.63. The summed E-state index contributed by atoms with van der Waals surface area (Å²) in [5.74, 6) is -3.50. The molecule has 0 heterocycles. The van der Waals surface area contributed by atoms with Gasteiger partial charge in [-0.15, -0.1) is 0 Å². The first-order valence-electron chi connectivity index (χ1n) is 5.99. The zero-order valence-corrected chi connectivity index (χ0v) is 10.5. The van der Waals surface area contributed by atoms with Gasteiger partial charge in [0.1, 0.15) is 0 Å². The molecule has 2 rings (SSSR count). The van der Waals surface area contributed by atoms with Gasteiger partial charge in [0.2, 0.25) is 0 Å². The third-order valence-electron chi connectivity index (χ3n) is 3.01. The monoisotopic (exact) mass is 304 g/mol. The van der Waals surface area contributed by atoms with Crippen LogP contribution in [0.5, 0.6) is 0 Å². The summed E-state index contributed by atoms with van der Waals surface area (Å²) in [7, 11) is 0. The van der Waals surface area contributed by atoms with Crippen LogP contribution in [0.2, 0.25) is 0 Å². The average Bonchev–Trinajstić information content (AvgIpc) is 2.37. The predicted octanol–water partition coefficient (Wildman–Crippen LogP) is 5.56. The number of hydrogen-bond donors (Lipinski definition) is 0. The summed E-state index contributed by atoms with van der Waals surface area (Å²) in [6.07, 6.45) is -10.8. The molecule has 21 heavy (non-hydrogen) atoms. The molecule has 0 aliphatic rings. The van der Waals surface area contributed by atoms with E-state index in [9.17, 15) is 26.3 Å². The highest BCUT2D eigenvalue weighted by atomic mass is 19.4. The van der Waals surface area contributed by atoms with E-state index in [1.54, 1.807) is 18.2 Å². The molecule has 2 aromatic carbocycles. The van der Waals surface area contributed by atoms with Crippen LogP contribution in [-0.2, 0) is 0 Å². The van der Waals surface area contributed by atoms with Gasteiger partial charge in [0.15, 0.2) is 5.92 Å². The molecule has 0 N–H and O–H groups in total. The van der Waals surface area contributed by atoms with E-state index in [1.807, 2.05) is 0 Å². The fraction of sp³-hybridized carbons (Fsp3) is 0.200. The fourth-order valence-corrected chi connectivity index (χ4v) is 2.17. The van der Waals surface area contributed by atoms with Crippen molar-refractivity contribution in [3.63, 3.8) is 0 Å². The lowest BCUT2D eigenvalue weighted by molar-refractivity contribution is -0.253. The molecule has 0 nitrogen and oxygen atoms in total. The molecular formula is C15H10F6. The zero-order valence-electron chi connectivity index (χ0n) is 10.5. The molecule has 0 saturated carbocycles. The highest BCUT2D eigenvalue weighted by molar-refractivity contribution is 5.68. The van der Waals surface area contributed by atoms with Gasteiger partial charge in [-0.1, -0.05) is 54.6 Å². The van der Waals surface area contributed by atoms with Crippen molar-refractivity contribution in [2.75, 3.05) is 0 Å². The smallest absolute Gasteiger partial charge is 0.170 e. The molecule has 0 saturated heterocycles. The lowest BCUT2D eigenvalue weighted by Gasteiger charge is -2.25. The number of benzene rings is 2. The van der Waals surface area contributed by atoms with Crippen molar-refractivity contribution in [3.05, 3.63) is 60.2 Å². The summed E-state index contributed by atoms with van der Waals surface area (Å²) in [6.45, 7) is 0. The Morgan fingerprint density at radius 1 is 0.619 bits per heavy atom. The average molecular weight is 304 g/mol. The zero-order chi connectivity index (χ0) is 15.7. The third kappa shape index (κ3) is 3.37. The minimum atomic E-state index is -5.40. The van der Waals surface area contributed by atoms with Crippen LogP contribution in [0.15, 0.2) is 54.6 Å². The van der Waals surface area contributed by atoms with Crippen LogP contribution >= 0.6 is 0 Å². The van der Waals surface area contributed by atoms with E-state index < -0.39 is 23.8 Å². The van der Waals surface area contributed by atoms with E-state index >= 15 is 0 Å². The summed E-state index contributed by atoms with van der Waals surface area (Å²) in [4.78, 5) is 0. The summed E-state index contributed by atoms with van der Waals surface area (Å²) < 4.78 is 77.3. The molecule has 0 atom stereocenters. The van der Waals surface area contributed by atoms with Crippen LogP contribution < -0.4 is 0 Å². The third-order valence-corrected chi connectivity index (χ3v) is 3.01. The molecule has 0 aromatic heterocycles. The Morgan fingerprint density at radius 2 is 1.10 bits per heavy atom. The van der Waals surface area contributed by atoms with Crippen molar-refractivity contribution < 1.29 is 26.3 Å². The van der Waals surface area contributed by atoms with Crippen LogP contribution in [0.4, 0.5) is 26.3 Å². The van der Waals surface area contributed by atoms with Crippen LogP contribution in [0.1, 0.15) is 11.5 Å². The highest BCUT2D eigenvalue weighted by Crippen LogP contribution is 2.48. The molecular weight excluding hydrogens is 294 g/mol. The Hall–Kier alpha value is -1.98. The number of rotatable bonds is 2. The molecule has 0 unspecified atom stereocenters. The fourth-order valence-electron chi connectivity index (χ4n) is 2.17. The van der Waals surface area contributed by atoms with Crippen LogP contribution in [-0.4, -0.2) is 12.4 Å². The highest BCUT2D eigenvalue weighted by Gasteiger charge is 2.58. The standard InChI is InChI=1S/C15H10F6/c16-14(17,18)13(15(19,20)21)12-9-5-4-8-11(12)10-6-2-1-3-7-10/h1-9,13H. The first-order chi connectivity index (χ1) is 9.71. The second kappa shape index (κ2) is 5.42. The first-order valence-corrected chi connectivity index (χ1v) is 5.99.